The first-order chi connectivity index (χ1) is 9.31. The molecule has 0 amide bonds. The lowest BCUT2D eigenvalue weighted by molar-refractivity contribution is 0.477. The molecule has 0 heterocycles. The van der Waals surface area contributed by atoms with E-state index in [1.165, 1.54) is 12.1 Å². The summed E-state index contributed by atoms with van der Waals surface area (Å²) in [5, 5.41) is 9.68. The molecule has 0 radical (unpaired) electrons. The molecule has 0 bridgehead atoms. The van der Waals surface area contributed by atoms with Crippen LogP contribution in [-0.2, 0) is 10.0 Å². The Kier molecular flexibility index (Phi) is 3.72. The van der Waals surface area contributed by atoms with Gasteiger partial charge in [-0.15, -0.1) is 0 Å². The van der Waals surface area contributed by atoms with Crippen molar-refractivity contribution in [3.05, 3.63) is 53.1 Å². The third-order valence-corrected chi connectivity index (χ3v) is 4.69. The number of phenolic OH excluding ortho intramolecular Hbond substituents is 1. The van der Waals surface area contributed by atoms with Crippen LogP contribution in [0.4, 0.5) is 5.69 Å². The fourth-order valence-corrected chi connectivity index (χ4v) is 3.88. The SMILES string of the molecule is Cc1cc(C)c(S(=O)(=O)Nc2ccccc2O)c(C)c1. The van der Waals surface area contributed by atoms with Gasteiger partial charge >= 0.3 is 0 Å². The molecule has 5 heteroatoms. The van der Waals surface area contributed by atoms with Gasteiger partial charge in [-0.05, 0) is 44.0 Å². The van der Waals surface area contributed by atoms with Crippen LogP contribution in [0.1, 0.15) is 16.7 Å². The van der Waals surface area contributed by atoms with Crippen LogP contribution in [0, 0.1) is 20.8 Å². The third kappa shape index (κ3) is 2.77. The summed E-state index contributed by atoms with van der Waals surface area (Å²) in [5.41, 5.74) is 2.56. The monoisotopic (exact) mass is 291 g/mol. The number of hydrogen-bond acceptors (Lipinski definition) is 3. The molecule has 0 atom stereocenters. The Morgan fingerprint density at radius 2 is 1.55 bits per heavy atom. The molecule has 2 rings (SSSR count). The average Bonchev–Trinajstić information content (AvgIpc) is 2.30. The molecule has 0 aliphatic carbocycles. The summed E-state index contributed by atoms with van der Waals surface area (Å²) in [6, 6.07) is 9.90. The molecule has 2 aromatic rings. The highest BCUT2D eigenvalue weighted by Gasteiger charge is 2.20. The van der Waals surface area contributed by atoms with Gasteiger partial charge in [0, 0.05) is 0 Å². The second kappa shape index (κ2) is 5.17. The fraction of sp³-hybridized carbons (Fsp3) is 0.200. The van der Waals surface area contributed by atoms with E-state index in [4.69, 9.17) is 0 Å². The predicted molar refractivity (Wildman–Crippen MR) is 79.6 cm³/mol. The number of aromatic hydroxyl groups is 1. The smallest absolute Gasteiger partial charge is 0.262 e. The van der Waals surface area contributed by atoms with E-state index in [9.17, 15) is 13.5 Å². The van der Waals surface area contributed by atoms with Gasteiger partial charge < -0.3 is 5.11 Å². The Morgan fingerprint density at radius 1 is 1.00 bits per heavy atom. The lowest BCUT2D eigenvalue weighted by Gasteiger charge is -2.14. The number of hydrogen-bond donors (Lipinski definition) is 2. The second-order valence-electron chi connectivity index (χ2n) is 4.85. The quantitative estimate of drug-likeness (QED) is 0.854. The highest BCUT2D eigenvalue weighted by molar-refractivity contribution is 7.92. The molecule has 0 spiro atoms. The van der Waals surface area contributed by atoms with E-state index in [1.807, 2.05) is 19.1 Å². The van der Waals surface area contributed by atoms with Gasteiger partial charge in [0.1, 0.15) is 5.75 Å². The van der Waals surface area contributed by atoms with Gasteiger partial charge in [-0.25, -0.2) is 8.42 Å². The van der Waals surface area contributed by atoms with Crippen molar-refractivity contribution in [3.63, 3.8) is 0 Å². The van der Waals surface area contributed by atoms with Crippen molar-refractivity contribution in [1.82, 2.24) is 0 Å². The van der Waals surface area contributed by atoms with Gasteiger partial charge in [0.25, 0.3) is 10.0 Å². The summed E-state index contributed by atoms with van der Waals surface area (Å²) in [4.78, 5) is 0.256. The van der Waals surface area contributed by atoms with Crippen molar-refractivity contribution < 1.29 is 13.5 Å². The number of anilines is 1. The van der Waals surface area contributed by atoms with Gasteiger partial charge in [-0.1, -0.05) is 29.8 Å². The minimum atomic E-state index is -3.72. The van der Waals surface area contributed by atoms with Gasteiger partial charge in [-0.3, -0.25) is 4.72 Å². The zero-order valence-corrected chi connectivity index (χ0v) is 12.5. The fourth-order valence-electron chi connectivity index (χ4n) is 2.35. The van der Waals surface area contributed by atoms with E-state index < -0.39 is 10.0 Å². The van der Waals surface area contributed by atoms with E-state index in [0.29, 0.717) is 11.1 Å². The molecule has 0 aromatic heterocycles. The van der Waals surface area contributed by atoms with Crippen molar-refractivity contribution in [3.8, 4) is 5.75 Å². The number of nitrogens with one attached hydrogen (secondary N) is 1. The second-order valence-corrected chi connectivity index (χ2v) is 6.47. The van der Waals surface area contributed by atoms with Crippen LogP contribution in [0.3, 0.4) is 0 Å². The normalized spacial score (nSPS) is 11.3. The zero-order chi connectivity index (χ0) is 14.9. The van der Waals surface area contributed by atoms with Gasteiger partial charge in [0.15, 0.2) is 0 Å². The lowest BCUT2D eigenvalue weighted by Crippen LogP contribution is -2.16. The molecule has 0 aliphatic heterocycles. The maximum atomic E-state index is 12.5. The molecule has 20 heavy (non-hydrogen) atoms. The van der Waals surface area contributed by atoms with Crippen LogP contribution in [0.5, 0.6) is 5.75 Å². The van der Waals surface area contributed by atoms with Crippen LogP contribution >= 0.6 is 0 Å². The topological polar surface area (TPSA) is 66.4 Å². The third-order valence-electron chi connectivity index (χ3n) is 3.02. The Morgan fingerprint density at radius 3 is 2.10 bits per heavy atom. The van der Waals surface area contributed by atoms with E-state index >= 15 is 0 Å². The Hall–Kier alpha value is -2.01. The number of rotatable bonds is 3. The zero-order valence-electron chi connectivity index (χ0n) is 11.6. The minimum absolute atomic E-state index is 0.0986. The average molecular weight is 291 g/mol. The maximum absolute atomic E-state index is 12.5. The molecule has 0 aliphatic rings. The molecule has 0 unspecified atom stereocenters. The largest absolute Gasteiger partial charge is 0.506 e. The van der Waals surface area contributed by atoms with Gasteiger partial charge in [0.2, 0.25) is 0 Å². The van der Waals surface area contributed by atoms with Crippen molar-refractivity contribution in [2.24, 2.45) is 0 Å². The van der Waals surface area contributed by atoms with Crippen molar-refractivity contribution in [1.29, 1.82) is 0 Å². The first-order valence-corrected chi connectivity index (χ1v) is 7.68. The highest BCUT2D eigenvalue weighted by atomic mass is 32.2. The number of benzene rings is 2. The van der Waals surface area contributed by atoms with Crippen molar-refractivity contribution in [2.75, 3.05) is 4.72 Å². The minimum Gasteiger partial charge on any atom is -0.506 e. The first kappa shape index (κ1) is 14.4. The molecule has 106 valence electrons. The first-order valence-electron chi connectivity index (χ1n) is 6.20. The maximum Gasteiger partial charge on any atom is 0.262 e. The van der Waals surface area contributed by atoms with Gasteiger partial charge in [-0.2, -0.15) is 0 Å². The number of sulfonamides is 1. The summed E-state index contributed by atoms with van der Waals surface area (Å²) in [5.74, 6) is -0.0986. The van der Waals surface area contributed by atoms with Crippen LogP contribution in [0.15, 0.2) is 41.3 Å². The van der Waals surface area contributed by atoms with Crippen LogP contribution in [0.2, 0.25) is 0 Å². The summed E-state index contributed by atoms with van der Waals surface area (Å²) in [6.07, 6.45) is 0. The van der Waals surface area contributed by atoms with Crippen LogP contribution in [-0.4, -0.2) is 13.5 Å². The molecule has 0 saturated carbocycles. The molecule has 0 saturated heterocycles. The summed E-state index contributed by atoms with van der Waals surface area (Å²) >= 11 is 0. The standard InChI is InChI=1S/C15H17NO3S/c1-10-8-11(2)15(12(3)9-10)20(18,19)16-13-6-4-5-7-14(13)17/h4-9,16-17H,1-3H3. The summed E-state index contributed by atoms with van der Waals surface area (Å²) < 4.78 is 27.4. The molecule has 2 N–H and O–H groups in total. The lowest BCUT2D eigenvalue weighted by atomic mass is 10.1. The van der Waals surface area contributed by atoms with E-state index in [2.05, 4.69) is 4.72 Å². The Balaban J connectivity index is 2.50. The molecule has 0 fully saturated rings. The Bertz CT molecular complexity index is 728. The molecule has 4 nitrogen and oxygen atoms in total. The van der Waals surface area contributed by atoms with E-state index in [-0.39, 0.29) is 16.3 Å². The van der Waals surface area contributed by atoms with Crippen LogP contribution in [0.25, 0.3) is 0 Å². The molecule has 2 aromatic carbocycles. The van der Waals surface area contributed by atoms with E-state index in [0.717, 1.165) is 5.56 Å². The van der Waals surface area contributed by atoms with Crippen molar-refractivity contribution in [2.45, 2.75) is 25.7 Å². The van der Waals surface area contributed by atoms with Crippen LogP contribution < -0.4 is 4.72 Å². The van der Waals surface area contributed by atoms with Gasteiger partial charge in [0.05, 0.1) is 10.6 Å². The predicted octanol–water partition coefficient (Wildman–Crippen LogP) is 3.12. The highest BCUT2D eigenvalue weighted by Crippen LogP contribution is 2.28. The van der Waals surface area contributed by atoms with E-state index in [1.54, 1.807) is 26.0 Å². The summed E-state index contributed by atoms with van der Waals surface area (Å²) in [6.45, 7) is 5.45. The van der Waals surface area contributed by atoms with Crippen molar-refractivity contribution >= 4 is 15.7 Å². The summed E-state index contributed by atoms with van der Waals surface area (Å²) in [7, 11) is -3.72. The molecular formula is C15H17NO3S. The number of aryl methyl sites for hydroxylation is 3. The Labute approximate surface area is 119 Å². The number of para-hydroxylation sites is 2. The molecular weight excluding hydrogens is 274 g/mol. The number of phenols is 1.